The van der Waals surface area contributed by atoms with Crippen molar-refractivity contribution < 1.29 is 0 Å². The molecular formula is C10H9BrN2S. The molecule has 0 spiro atoms. The van der Waals surface area contributed by atoms with Crippen LogP contribution in [-0.4, -0.2) is 18.8 Å². The topological polar surface area (TPSA) is 27.0 Å². The Kier molecular flexibility index (Phi) is 2.71. The average molecular weight is 269 g/mol. The molecule has 0 saturated heterocycles. The fourth-order valence-electron chi connectivity index (χ4n) is 1.46. The summed E-state index contributed by atoms with van der Waals surface area (Å²) in [6.45, 7) is 0. The van der Waals surface area contributed by atoms with Gasteiger partial charge in [0.2, 0.25) is 0 Å². The standard InChI is InChI=1S/C10H9BrN2S/c1-13-8(5-12)6-14-10-3-2-7(11)4-9(10)13/h2-4,8H,6H2,1H3. The molecular weight excluding hydrogens is 260 g/mol. The lowest BCUT2D eigenvalue weighted by atomic mass is 10.2. The molecule has 0 N–H and O–H groups in total. The summed E-state index contributed by atoms with van der Waals surface area (Å²) in [6.07, 6.45) is 0. The van der Waals surface area contributed by atoms with Gasteiger partial charge in [-0.3, -0.25) is 0 Å². The van der Waals surface area contributed by atoms with Gasteiger partial charge in [0.1, 0.15) is 6.04 Å². The Morgan fingerprint density at radius 2 is 2.43 bits per heavy atom. The largest absolute Gasteiger partial charge is 0.357 e. The van der Waals surface area contributed by atoms with Gasteiger partial charge in [0.05, 0.1) is 11.8 Å². The van der Waals surface area contributed by atoms with E-state index in [4.69, 9.17) is 5.26 Å². The van der Waals surface area contributed by atoms with Crippen LogP contribution in [0.2, 0.25) is 0 Å². The lowest BCUT2D eigenvalue weighted by molar-refractivity contribution is 0.823. The Labute approximate surface area is 96.0 Å². The number of rotatable bonds is 0. The van der Waals surface area contributed by atoms with Crippen molar-refractivity contribution >= 4 is 33.4 Å². The first-order chi connectivity index (χ1) is 6.72. The molecule has 72 valence electrons. The lowest BCUT2D eigenvalue weighted by Crippen LogP contribution is -2.35. The summed E-state index contributed by atoms with van der Waals surface area (Å²) in [5, 5.41) is 8.94. The summed E-state index contributed by atoms with van der Waals surface area (Å²) in [4.78, 5) is 3.29. The van der Waals surface area contributed by atoms with Crippen LogP contribution < -0.4 is 4.90 Å². The SMILES string of the molecule is CN1c2cc(Br)ccc2SCC1C#N. The molecule has 0 fully saturated rings. The summed E-state index contributed by atoms with van der Waals surface area (Å²) in [5.74, 6) is 0.849. The molecule has 1 unspecified atom stereocenters. The first-order valence-corrected chi connectivity index (χ1v) is 6.05. The van der Waals surface area contributed by atoms with Crippen LogP contribution in [0.3, 0.4) is 0 Å². The van der Waals surface area contributed by atoms with Crippen molar-refractivity contribution in [2.45, 2.75) is 10.9 Å². The maximum atomic E-state index is 8.94. The third-order valence-electron chi connectivity index (χ3n) is 2.31. The van der Waals surface area contributed by atoms with E-state index < -0.39 is 0 Å². The number of nitriles is 1. The van der Waals surface area contributed by atoms with E-state index >= 15 is 0 Å². The van der Waals surface area contributed by atoms with Crippen molar-refractivity contribution in [1.82, 2.24) is 0 Å². The molecule has 0 bridgehead atoms. The Bertz CT molecular complexity index is 400. The molecule has 0 radical (unpaired) electrons. The van der Waals surface area contributed by atoms with Crippen molar-refractivity contribution in [2.24, 2.45) is 0 Å². The van der Waals surface area contributed by atoms with Crippen molar-refractivity contribution in [3.05, 3.63) is 22.7 Å². The van der Waals surface area contributed by atoms with Gasteiger partial charge in [0.15, 0.2) is 0 Å². The number of fused-ring (bicyclic) bond motifs is 1. The molecule has 0 aromatic heterocycles. The molecule has 0 aliphatic carbocycles. The van der Waals surface area contributed by atoms with E-state index in [1.807, 2.05) is 18.0 Å². The van der Waals surface area contributed by atoms with Crippen LogP contribution in [0.25, 0.3) is 0 Å². The summed E-state index contributed by atoms with van der Waals surface area (Å²) in [7, 11) is 1.97. The highest BCUT2D eigenvalue weighted by Crippen LogP contribution is 2.37. The number of thioether (sulfide) groups is 1. The number of anilines is 1. The van der Waals surface area contributed by atoms with E-state index in [2.05, 4.69) is 34.1 Å². The van der Waals surface area contributed by atoms with Crippen LogP contribution in [0, 0.1) is 11.3 Å². The van der Waals surface area contributed by atoms with E-state index in [9.17, 15) is 0 Å². The molecule has 1 heterocycles. The highest BCUT2D eigenvalue weighted by Gasteiger charge is 2.23. The smallest absolute Gasteiger partial charge is 0.126 e. The quantitative estimate of drug-likeness (QED) is 0.724. The number of nitrogens with zero attached hydrogens (tertiary/aromatic N) is 2. The fraction of sp³-hybridized carbons (Fsp3) is 0.300. The molecule has 14 heavy (non-hydrogen) atoms. The van der Waals surface area contributed by atoms with Gasteiger partial charge in [-0.25, -0.2) is 0 Å². The highest BCUT2D eigenvalue weighted by molar-refractivity contribution is 9.10. The van der Waals surface area contributed by atoms with Crippen molar-refractivity contribution in [2.75, 3.05) is 17.7 Å². The second-order valence-corrected chi connectivity index (χ2v) is 5.16. The van der Waals surface area contributed by atoms with Gasteiger partial charge in [-0.2, -0.15) is 5.26 Å². The van der Waals surface area contributed by atoms with E-state index in [1.54, 1.807) is 11.8 Å². The van der Waals surface area contributed by atoms with E-state index in [1.165, 1.54) is 4.90 Å². The van der Waals surface area contributed by atoms with Gasteiger partial charge in [-0.1, -0.05) is 15.9 Å². The molecule has 1 atom stereocenters. The molecule has 1 aromatic carbocycles. The fourth-order valence-corrected chi connectivity index (χ4v) is 2.96. The second-order valence-electron chi connectivity index (χ2n) is 3.18. The summed E-state index contributed by atoms with van der Waals surface area (Å²) >= 11 is 5.19. The summed E-state index contributed by atoms with van der Waals surface area (Å²) in [5.41, 5.74) is 1.14. The normalized spacial score (nSPS) is 20.1. The molecule has 2 nitrogen and oxygen atoms in total. The van der Waals surface area contributed by atoms with Gasteiger partial charge in [0, 0.05) is 22.2 Å². The van der Waals surface area contributed by atoms with Crippen LogP contribution in [-0.2, 0) is 0 Å². The lowest BCUT2D eigenvalue weighted by Gasteiger charge is -2.31. The second kappa shape index (κ2) is 3.84. The van der Waals surface area contributed by atoms with Gasteiger partial charge in [-0.15, -0.1) is 11.8 Å². The van der Waals surface area contributed by atoms with Crippen LogP contribution >= 0.6 is 27.7 Å². The molecule has 1 aromatic rings. The predicted octanol–water partition coefficient (Wildman–Crippen LogP) is 2.88. The zero-order valence-corrected chi connectivity index (χ0v) is 10.1. The molecule has 4 heteroatoms. The first-order valence-electron chi connectivity index (χ1n) is 4.27. The third kappa shape index (κ3) is 1.62. The number of halogens is 1. The monoisotopic (exact) mass is 268 g/mol. The molecule has 2 rings (SSSR count). The maximum absolute atomic E-state index is 8.94. The van der Waals surface area contributed by atoms with E-state index in [-0.39, 0.29) is 6.04 Å². The Hall–Kier alpha value is -0.660. The first kappa shape index (κ1) is 9.88. The number of benzene rings is 1. The Morgan fingerprint density at radius 3 is 3.14 bits per heavy atom. The van der Waals surface area contributed by atoms with Crippen LogP contribution in [0.5, 0.6) is 0 Å². The third-order valence-corrected chi connectivity index (χ3v) is 3.95. The van der Waals surface area contributed by atoms with Crippen molar-refractivity contribution in [1.29, 1.82) is 5.26 Å². The van der Waals surface area contributed by atoms with Gasteiger partial charge < -0.3 is 4.90 Å². The van der Waals surface area contributed by atoms with Gasteiger partial charge in [0.25, 0.3) is 0 Å². The number of hydrogen-bond acceptors (Lipinski definition) is 3. The molecule has 1 aliphatic rings. The minimum absolute atomic E-state index is 0.0122. The molecule has 0 amide bonds. The van der Waals surface area contributed by atoms with Crippen molar-refractivity contribution in [3.8, 4) is 6.07 Å². The highest BCUT2D eigenvalue weighted by atomic mass is 79.9. The minimum Gasteiger partial charge on any atom is -0.357 e. The molecule has 1 aliphatic heterocycles. The number of hydrogen-bond donors (Lipinski definition) is 0. The van der Waals surface area contributed by atoms with E-state index in [0.29, 0.717) is 0 Å². The summed E-state index contributed by atoms with van der Waals surface area (Å²) in [6, 6.07) is 8.48. The summed E-state index contributed by atoms with van der Waals surface area (Å²) < 4.78 is 1.06. The van der Waals surface area contributed by atoms with E-state index in [0.717, 1.165) is 15.9 Å². The zero-order chi connectivity index (χ0) is 10.1. The van der Waals surface area contributed by atoms with Crippen LogP contribution in [0.1, 0.15) is 0 Å². The zero-order valence-electron chi connectivity index (χ0n) is 7.70. The van der Waals surface area contributed by atoms with Crippen LogP contribution in [0.4, 0.5) is 5.69 Å². The predicted molar refractivity (Wildman–Crippen MR) is 62.7 cm³/mol. The molecule has 0 saturated carbocycles. The Morgan fingerprint density at radius 1 is 1.64 bits per heavy atom. The average Bonchev–Trinajstić information content (AvgIpc) is 2.20. The minimum atomic E-state index is -0.0122. The Balaban J connectivity index is 2.44. The maximum Gasteiger partial charge on any atom is 0.126 e. The van der Waals surface area contributed by atoms with Crippen molar-refractivity contribution in [3.63, 3.8) is 0 Å². The van der Waals surface area contributed by atoms with Gasteiger partial charge in [-0.05, 0) is 18.2 Å². The van der Waals surface area contributed by atoms with Gasteiger partial charge >= 0.3 is 0 Å². The van der Waals surface area contributed by atoms with Crippen LogP contribution in [0.15, 0.2) is 27.6 Å².